The molecule has 0 aromatic carbocycles. The van der Waals surface area contributed by atoms with Crippen LogP contribution in [0.4, 0.5) is 23.8 Å². The first-order chi connectivity index (χ1) is 13.6. The van der Waals surface area contributed by atoms with E-state index in [9.17, 15) is 27.9 Å². The Balaban J connectivity index is 1.28. The highest BCUT2D eigenvalue weighted by Gasteiger charge is 2.61. The lowest BCUT2D eigenvalue weighted by Gasteiger charge is -2.47. The number of rotatable bonds is 3. The van der Waals surface area contributed by atoms with Gasteiger partial charge in [0.2, 0.25) is 5.91 Å². The number of halogens is 3. The van der Waals surface area contributed by atoms with Crippen LogP contribution in [0.1, 0.15) is 17.9 Å². The normalized spacial score (nSPS) is 24.3. The number of β-amino-alcohol motifs (C(OH)–C–C–N with tert-alkyl or cyclic N) is 1. The lowest BCUT2D eigenvalue weighted by Crippen LogP contribution is -2.69. The Bertz CT molecular complexity index is 804. The quantitative estimate of drug-likeness (QED) is 0.752. The van der Waals surface area contributed by atoms with E-state index in [4.69, 9.17) is 5.73 Å². The van der Waals surface area contributed by atoms with Crippen molar-refractivity contribution in [1.29, 1.82) is 0 Å². The molecule has 0 spiro atoms. The highest BCUT2D eigenvalue weighted by Crippen LogP contribution is 2.39. The summed E-state index contributed by atoms with van der Waals surface area (Å²) < 4.78 is 38.1. The van der Waals surface area contributed by atoms with Gasteiger partial charge in [0.1, 0.15) is 5.82 Å². The van der Waals surface area contributed by atoms with E-state index in [1.807, 2.05) is 0 Å². The number of alkyl halides is 3. The Morgan fingerprint density at radius 2 is 1.86 bits per heavy atom. The largest absolute Gasteiger partial charge is 0.420 e. The minimum Gasteiger partial charge on any atom is -0.378 e. The van der Waals surface area contributed by atoms with Gasteiger partial charge in [-0.15, -0.1) is 0 Å². The van der Waals surface area contributed by atoms with E-state index in [2.05, 4.69) is 4.98 Å². The molecule has 29 heavy (non-hydrogen) atoms. The number of nitrogens with zero attached hydrogens (tertiary/aromatic N) is 4. The van der Waals surface area contributed by atoms with Gasteiger partial charge in [0.25, 0.3) is 0 Å². The maximum atomic E-state index is 12.7. The number of aromatic nitrogens is 1. The van der Waals surface area contributed by atoms with Crippen molar-refractivity contribution >= 4 is 17.8 Å². The Hall–Kier alpha value is -2.56. The molecule has 4 heterocycles. The number of hydrogen-bond acceptors (Lipinski definition) is 5. The summed E-state index contributed by atoms with van der Waals surface area (Å²) in [5.74, 6) is -0.184. The summed E-state index contributed by atoms with van der Waals surface area (Å²) in [6.45, 7) is 0.854. The summed E-state index contributed by atoms with van der Waals surface area (Å²) in [4.78, 5) is 32.6. The number of anilines is 1. The van der Waals surface area contributed by atoms with Crippen LogP contribution in [0, 0.1) is 5.92 Å². The Morgan fingerprint density at radius 3 is 2.38 bits per heavy atom. The van der Waals surface area contributed by atoms with Crippen LogP contribution in [-0.2, 0) is 4.79 Å². The third-order valence-electron chi connectivity index (χ3n) is 6.01. The third-order valence-corrected chi connectivity index (χ3v) is 6.01. The van der Waals surface area contributed by atoms with Crippen LogP contribution in [0.15, 0.2) is 18.3 Å². The molecule has 0 aliphatic carbocycles. The van der Waals surface area contributed by atoms with Crippen LogP contribution in [-0.4, -0.2) is 82.9 Å². The number of urea groups is 1. The minimum atomic E-state index is -4.65. The Morgan fingerprint density at radius 1 is 1.17 bits per heavy atom. The average molecular weight is 413 g/mol. The summed E-state index contributed by atoms with van der Waals surface area (Å²) in [5.41, 5.74) is 3.52. The van der Waals surface area contributed by atoms with Gasteiger partial charge in [0.15, 0.2) is 5.60 Å². The standard InChI is InChI=1S/C18H22F3N5O3/c19-18(20,21)17(29)9-26(10-17)14-2-1-11(5-23-14)13-7-25(8-13)16(28)24-4-3-12(6-24)15(22)27/h1-2,5,12-13,29H,3-4,6-10H2,(H2,22,27)/t12-/m0/s1. The van der Waals surface area contributed by atoms with Crippen molar-refractivity contribution in [2.75, 3.05) is 44.2 Å². The molecule has 0 bridgehead atoms. The molecule has 4 rings (SSSR count). The molecule has 1 aromatic heterocycles. The fourth-order valence-corrected chi connectivity index (χ4v) is 3.96. The first kappa shape index (κ1) is 19.7. The van der Waals surface area contributed by atoms with E-state index >= 15 is 0 Å². The number of aliphatic hydroxyl groups is 1. The van der Waals surface area contributed by atoms with Crippen molar-refractivity contribution in [2.24, 2.45) is 11.7 Å². The van der Waals surface area contributed by atoms with Gasteiger partial charge in [-0.05, 0) is 18.1 Å². The number of pyridine rings is 1. The fraction of sp³-hybridized carbons (Fsp3) is 0.611. The second-order valence-corrected chi connectivity index (χ2v) is 8.05. The molecule has 3 fully saturated rings. The highest BCUT2D eigenvalue weighted by molar-refractivity contribution is 5.80. The molecule has 3 aliphatic heterocycles. The average Bonchev–Trinajstić information content (AvgIpc) is 3.08. The topological polar surface area (TPSA) is 103 Å². The van der Waals surface area contributed by atoms with E-state index in [0.717, 1.165) is 5.56 Å². The molecule has 0 unspecified atom stereocenters. The number of carbonyl (C=O) groups is 2. The van der Waals surface area contributed by atoms with Crippen molar-refractivity contribution in [2.45, 2.75) is 24.1 Å². The molecule has 3 aliphatic rings. The predicted molar refractivity (Wildman–Crippen MR) is 96.0 cm³/mol. The van der Waals surface area contributed by atoms with Gasteiger partial charge in [-0.25, -0.2) is 9.78 Å². The molecule has 11 heteroatoms. The summed E-state index contributed by atoms with van der Waals surface area (Å²) in [6.07, 6.45) is -2.46. The first-order valence-corrected chi connectivity index (χ1v) is 9.40. The first-order valence-electron chi connectivity index (χ1n) is 9.40. The number of hydrogen-bond donors (Lipinski definition) is 2. The molecule has 158 valence electrons. The zero-order chi connectivity index (χ0) is 21.0. The number of carbonyl (C=O) groups excluding carboxylic acids is 2. The zero-order valence-corrected chi connectivity index (χ0v) is 15.6. The van der Waals surface area contributed by atoms with E-state index < -0.39 is 24.9 Å². The van der Waals surface area contributed by atoms with Crippen molar-refractivity contribution in [3.63, 3.8) is 0 Å². The maximum Gasteiger partial charge on any atom is 0.420 e. The molecule has 0 saturated carbocycles. The van der Waals surface area contributed by atoms with Gasteiger partial charge >= 0.3 is 12.2 Å². The predicted octanol–water partition coefficient (Wildman–Crippen LogP) is 0.521. The fourth-order valence-electron chi connectivity index (χ4n) is 3.96. The van der Waals surface area contributed by atoms with Gasteiger partial charge in [0, 0.05) is 38.3 Å². The van der Waals surface area contributed by atoms with E-state index in [0.29, 0.717) is 38.4 Å². The van der Waals surface area contributed by atoms with Gasteiger partial charge < -0.3 is 25.5 Å². The zero-order valence-electron chi connectivity index (χ0n) is 15.6. The number of nitrogens with two attached hydrogens (primary N) is 1. The van der Waals surface area contributed by atoms with Gasteiger partial charge in [-0.2, -0.15) is 13.2 Å². The Kier molecular flexibility index (Phi) is 4.60. The van der Waals surface area contributed by atoms with Crippen molar-refractivity contribution in [1.82, 2.24) is 14.8 Å². The molecular weight excluding hydrogens is 391 g/mol. The number of amides is 3. The SMILES string of the molecule is NC(=O)[C@H]1CCN(C(=O)N2CC(c3ccc(N4CC(O)(C(F)(F)F)C4)nc3)C2)C1. The summed E-state index contributed by atoms with van der Waals surface area (Å²) >= 11 is 0. The van der Waals surface area contributed by atoms with E-state index in [-0.39, 0.29) is 23.8 Å². The lowest BCUT2D eigenvalue weighted by molar-refractivity contribution is -0.267. The summed E-state index contributed by atoms with van der Waals surface area (Å²) in [5, 5.41) is 9.52. The molecule has 1 aromatic rings. The van der Waals surface area contributed by atoms with E-state index in [1.165, 1.54) is 4.90 Å². The number of primary amides is 1. The second kappa shape index (κ2) is 6.75. The number of likely N-dealkylation sites (tertiary alicyclic amines) is 2. The monoisotopic (exact) mass is 413 g/mol. The summed E-state index contributed by atoms with van der Waals surface area (Å²) in [7, 11) is 0. The molecule has 3 saturated heterocycles. The van der Waals surface area contributed by atoms with Crippen molar-refractivity contribution in [3.8, 4) is 0 Å². The van der Waals surface area contributed by atoms with Crippen LogP contribution in [0.3, 0.4) is 0 Å². The minimum absolute atomic E-state index is 0.110. The molecule has 8 nitrogen and oxygen atoms in total. The third kappa shape index (κ3) is 3.47. The molecular formula is C18H22F3N5O3. The molecule has 0 radical (unpaired) electrons. The van der Waals surface area contributed by atoms with Crippen LogP contribution in [0.25, 0.3) is 0 Å². The lowest BCUT2D eigenvalue weighted by atomic mass is 9.92. The molecule has 3 N–H and O–H groups in total. The van der Waals surface area contributed by atoms with Crippen LogP contribution in [0.5, 0.6) is 0 Å². The van der Waals surface area contributed by atoms with Crippen molar-refractivity contribution in [3.05, 3.63) is 23.9 Å². The van der Waals surface area contributed by atoms with Crippen LogP contribution >= 0.6 is 0 Å². The van der Waals surface area contributed by atoms with E-state index in [1.54, 1.807) is 28.1 Å². The van der Waals surface area contributed by atoms with Crippen molar-refractivity contribution < 1.29 is 27.9 Å². The van der Waals surface area contributed by atoms with Gasteiger partial charge in [-0.1, -0.05) is 6.07 Å². The van der Waals surface area contributed by atoms with Gasteiger partial charge in [0.05, 0.1) is 19.0 Å². The maximum absolute atomic E-state index is 12.7. The van der Waals surface area contributed by atoms with Crippen LogP contribution < -0.4 is 10.6 Å². The second-order valence-electron chi connectivity index (χ2n) is 8.05. The summed E-state index contributed by atoms with van der Waals surface area (Å²) in [6, 6.07) is 3.31. The van der Waals surface area contributed by atoms with Gasteiger partial charge in [-0.3, -0.25) is 4.79 Å². The highest BCUT2D eigenvalue weighted by atomic mass is 19.4. The molecule has 1 atom stereocenters. The Labute approximate surface area is 165 Å². The molecule has 3 amide bonds. The van der Waals surface area contributed by atoms with Crippen LogP contribution in [0.2, 0.25) is 0 Å². The smallest absolute Gasteiger partial charge is 0.378 e.